The zero-order chi connectivity index (χ0) is 20.9. The van der Waals surface area contributed by atoms with E-state index in [4.69, 9.17) is 9.52 Å². The molecule has 2 bridgehead atoms. The number of hydrogen-bond donors (Lipinski definition) is 0. The van der Waals surface area contributed by atoms with Gasteiger partial charge in [0.15, 0.2) is 0 Å². The number of nitrogens with zero attached hydrogens (tertiary/aromatic N) is 4. The normalized spacial score (nSPS) is 20.7. The monoisotopic (exact) mass is 432 g/mol. The Kier molecular flexibility index (Phi) is 4.52. The molecule has 0 radical (unpaired) electrons. The van der Waals surface area contributed by atoms with Gasteiger partial charge in [0.1, 0.15) is 23.2 Å². The van der Waals surface area contributed by atoms with E-state index in [-0.39, 0.29) is 5.91 Å². The summed E-state index contributed by atoms with van der Waals surface area (Å²) in [7, 11) is 0. The van der Waals surface area contributed by atoms with Gasteiger partial charge in [0.2, 0.25) is 0 Å². The van der Waals surface area contributed by atoms with Gasteiger partial charge in [0.25, 0.3) is 5.91 Å². The van der Waals surface area contributed by atoms with E-state index in [1.54, 1.807) is 18.0 Å². The molecule has 2 unspecified atom stereocenters. The quantitative estimate of drug-likeness (QED) is 0.452. The number of piperidine rings is 1. The topological polar surface area (TPSA) is 64.2 Å². The molecule has 1 saturated heterocycles. The second-order valence-corrected chi connectivity index (χ2v) is 9.59. The van der Waals surface area contributed by atoms with Crippen LogP contribution in [-0.4, -0.2) is 44.9 Å². The highest BCUT2D eigenvalue weighted by Gasteiger charge is 2.35. The summed E-state index contributed by atoms with van der Waals surface area (Å²) >= 11 is 1.70. The molecule has 1 amide bonds. The van der Waals surface area contributed by atoms with Crippen LogP contribution in [0.3, 0.4) is 0 Å². The van der Waals surface area contributed by atoms with Gasteiger partial charge in [-0.3, -0.25) is 14.5 Å². The molecule has 4 heterocycles. The van der Waals surface area contributed by atoms with E-state index in [9.17, 15) is 4.79 Å². The van der Waals surface area contributed by atoms with Crippen molar-refractivity contribution in [1.82, 2.24) is 19.7 Å². The number of furan rings is 1. The first-order valence-electron chi connectivity index (χ1n) is 10.8. The number of para-hydroxylation sites is 1. The van der Waals surface area contributed by atoms with Crippen molar-refractivity contribution in [1.29, 1.82) is 0 Å². The zero-order valence-electron chi connectivity index (χ0n) is 17.5. The summed E-state index contributed by atoms with van der Waals surface area (Å²) in [6.07, 6.45) is 9.41. The maximum atomic E-state index is 13.3. The highest BCUT2D eigenvalue weighted by atomic mass is 32.2. The minimum Gasteiger partial charge on any atom is -0.464 e. The van der Waals surface area contributed by atoms with E-state index in [2.05, 4.69) is 11.2 Å². The van der Waals surface area contributed by atoms with Crippen LogP contribution < -0.4 is 0 Å². The lowest BCUT2D eigenvalue weighted by atomic mass is 9.98. The number of rotatable bonds is 4. The van der Waals surface area contributed by atoms with E-state index in [0.29, 0.717) is 23.4 Å². The van der Waals surface area contributed by atoms with Crippen LogP contribution in [0.15, 0.2) is 47.2 Å². The fraction of sp³-hybridized carbons (Fsp3) is 0.375. The summed E-state index contributed by atoms with van der Waals surface area (Å²) in [5.74, 6) is 2.08. The van der Waals surface area contributed by atoms with E-state index >= 15 is 0 Å². The minimum absolute atomic E-state index is 0.0470. The van der Waals surface area contributed by atoms with Crippen LogP contribution in [0.1, 0.15) is 29.8 Å². The Bertz CT molecular complexity index is 1280. The molecule has 4 aromatic rings. The van der Waals surface area contributed by atoms with Crippen molar-refractivity contribution < 1.29 is 9.21 Å². The molecular weight excluding hydrogens is 408 g/mol. The number of fused-ring (bicyclic) bond motifs is 4. The Labute approximate surface area is 184 Å². The second kappa shape index (κ2) is 7.41. The highest BCUT2D eigenvalue weighted by molar-refractivity contribution is 7.97. The third kappa shape index (κ3) is 3.14. The molecule has 1 aliphatic heterocycles. The van der Waals surface area contributed by atoms with Gasteiger partial charge in [0.05, 0.1) is 11.4 Å². The van der Waals surface area contributed by atoms with Gasteiger partial charge >= 0.3 is 0 Å². The van der Waals surface area contributed by atoms with Gasteiger partial charge in [-0.2, -0.15) is 5.10 Å². The number of aromatic nitrogens is 3. The Morgan fingerprint density at radius 2 is 2.00 bits per heavy atom. The fourth-order valence-electron chi connectivity index (χ4n) is 5.30. The number of pyridine rings is 1. The van der Waals surface area contributed by atoms with Crippen molar-refractivity contribution in [3.8, 4) is 11.3 Å². The Morgan fingerprint density at radius 1 is 1.19 bits per heavy atom. The van der Waals surface area contributed by atoms with E-state index in [1.807, 2.05) is 46.1 Å². The van der Waals surface area contributed by atoms with Crippen LogP contribution in [0, 0.1) is 11.8 Å². The van der Waals surface area contributed by atoms with Crippen LogP contribution >= 0.6 is 11.8 Å². The molecule has 0 N–H and O–H groups in total. The minimum atomic E-state index is 0.0470. The first-order valence-corrected chi connectivity index (χ1v) is 12.2. The number of carbonyl (C=O) groups is 1. The van der Waals surface area contributed by atoms with Crippen LogP contribution in [0.25, 0.3) is 33.1 Å². The second-order valence-electron chi connectivity index (χ2n) is 8.75. The molecule has 31 heavy (non-hydrogen) atoms. The summed E-state index contributed by atoms with van der Waals surface area (Å²) in [6, 6.07) is 9.89. The Hall–Kier alpha value is -2.80. The average Bonchev–Trinajstić information content (AvgIpc) is 3.48. The maximum absolute atomic E-state index is 13.3. The van der Waals surface area contributed by atoms with Gasteiger partial charge in [-0.05, 0) is 49.5 Å². The van der Waals surface area contributed by atoms with Crippen molar-refractivity contribution >= 4 is 39.5 Å². The van der Waals surface area contributed by atoms with Gasteiger partial charge in [-0.1, -0.05) is 18.2 Å². The third-order valence-corrected chi connectivity index (χ3v) is 7.24. The molecule has 158 valence electrons. The van der Waals surface area contributed by atoms with Gasteiger partial charge < -0.3 is 9.32 Å². The summed E-state index contributed by atoms with van der Waals surface area (Å²) in [5.41, 5.74) is 4.09. The molecule has 1 aromatic carbocycles. The fourth-order valence-corrected chi connectivity index (χ4v) is 5.74. The number of carbonyl (C=O) groups excluding carboxylic acids is 1. The molecular formula is C24H24N4O2S. The van der Waals surface area contributed by atoms with Gasteiger partial charge in [-0.25, -0.2) is 0 Å². The van der Waals surface area contributed by atoms with Crippen LogP contribution in [0.5, 0.6) is 0 Å². The molecule has 6 nitrogen and oxygen atoms in total. The largest absolute Gasteiger partial charge is 0.464 e. The van der Waals surface area contributed by atoms with Crippen molar-refractivity contribution in [2.75, 3.05) is 19.3 Å². The van der Waals surface area contributed by atoms with Gasteiger partial charge in [-0.15, -0.1) is 11.8 Å². The highest BCUT2D eigenvalue weighted by Crippen LogP contribution is 2.37. The number of amides is 1. The molecule has 7 heteroatoms. The lowest BCUT2D eigenvalue weighted by Crippen LogP contribution is -2.41. The molecule has 6 rings (SSSR count). The first-order chi connectivity index (χ1) is 15.2. The van der Waals surface area contributed by atoms with Crippen LogP contribution in [0.2, 0.25) is 0 Å². The molecule has 2 aliphatic rings. The predicted molar refractivity (Wildman–Crippen MR) is 123 cm³/mol. The molecule has 0 spiro atoms. The molecule has 3 aromatic heterocycles. The summed E-state index contributed by atoms with van der Waals surface area (Å²) in [5, 5.41) is 6.86. The number of hydrogen-bond acceptors (Lipinski definition) is 5. The smallest absolute Gasteiger partial charge is 0.272 e. The zero-order valence-corrected chi connectivity index (χ0v) is 18.3. The lowest BCUT2D eigenvalue weighted by Gasteiger charge is -2.31. The van der Waals surface area contributed by atoms with Crippen molar-refractivity contribution in [2.24, 2.45) is 11.8 Å². The summed E-state index contributed by atoms with van der Waals surface area (Å²) in [6.45, 7) is 1.73. The third-order valence-electron chi connectivity index (χ3n) is 6.74. The van der Waals surface area contributed by atoms with Crippen molar-refractivity contribution in [3.05, 3.63) is 48.5 Å². The Balaban J connectivity index is 1.43. The van der Waals surface area contributed by atoms with Crippen LogP contribution in [-0.2, 0) is 5.88 Å². The SMILES string of the molecule is CSCn1nc(-c2coc3ccccc23)c2cnc(C(=O)N3CC4CCC(C4)C3)cc21. The van der Waals surface area contributed by atoms with Crippen molar-refractivity contribution in [3.63, 3.8) is 0 Å². The van der Waals surface area contributed by atoms with E-state index < -0.39 is 0 Å². The molecule has 1 aliphatic carbocycles. The standard InChI is InChI=1S/C24H24N4O2S/c1-31-14-28-21-9-20(24(29)27-11-15-6-7-16(8-15)12-27)25-10-18(21)23(26-28)19-13-30-22-5-3-2-4-17(19)22/h2-5,9-10,13,15-16H,6-8,11-12,14H2,1H3. The maximum Gasteiger partial charge on any atom is 0.272 e. The summed E-state index contributed by atoms with van der Waals surface area (Å²) in [4.78, 5) is 19.9. The van der Waals surface area contributed by atoms with Crippen molar-refractivity contribution in [2.45, 2.75) is 25.1 Å². The first kappa shape index (κ1) is 18.9. The number of likely N-dealkylation sites (tertiary alicyclic amines) is 1. The van der Waals surface area contributed by atoms with Crippen LogP contribution in [0.4, 0.5) is 0 Å². The van der Waals surface area contributed by atoms with E-state index in [0.717, 1.165) is 46.2 Å². The average molecular weight is 433 g/mol. The number of thioether (sulfide) groups is 1. The van der Waals surface area contributed by atoms with E-state index in [1.165, 1.54) is 19.3 Å². The molecule has 1 saturated carbocycles. The Morgan fingerprint density at radius 3 is 2.81 bits per heavy atom. The molecule has 2 atom stereocenters. The van der Waals surface area contributed by atoms with Gasteiger partial charge in [0, 0.05) is 35.6 Å². The molecule has 2 fully saturated rings. The summed E-state index contributed by atoms with van der Waals surface area (Å²) < 4.78 is 7.72. The number of benzene rings is 1. The predicted octanol–water partition coefficient (Wildman–Crippen LogP) is 5.04. The lowest BCUT2D eigenvalue weighted by molar-refractivity contribution is 0.0656.